The molecule has 0 N–H and O–H groups in total. The predicted octanol–water partition coefficient (Wildman–Crippen LogP) is 6.56. The van der Waals surface area contributed by atoms with Gasteiger partial charge >= 0.3 is 0 Å². The molecule has 2 heteroatoms. The van der Waals surface area contributed by atoms with E-state index in [1.54, 1.807) is 5.57 Å². The van der Waals surface area contributed by atoms with Gasteiger partial charge in [-0.25, -0.2) is 0 Å². The number of hydrogen-bond donors (Lipinski definition) is 0. The van der Waals surface area contributed by atoms with Crippen molar-refractivity contribution in [2.45, 2.75) is 77.8 Å². The van der Waals surface area contributed by atoms with Gasteiger partial charge in [-0.3, -0.25) is 4.57 Å². The standard InChI is InChI=1S/C21H31OP/c1-4-14-6-8-18-17-7-5-15-13-16(23-22)9-11-21(15,3)19(17)10-12-20(14,18)2/h4,10,15-18H,5-9,11-13H2,1-3H3/b14-4-/t15-,16-,17+,18+,20-,21+/m1/s1. The van der Waals surface area contributed by atoms with Gasteiger partial charge in [0.1, 0.15) is 0 Å². The Labute approximate surface area is 143 Å². The van der Waals surface area contributed by atoms with Crippen molar-refractivity contribution < 1.29 is 4.57 Å². The van der Waals surface area contributed by atoms with E-state index in [2.05, 4.69) is 32.9 Å². The second-order valence-electron chi connectivity index (χ2n) is 9.07. The first-order valence-electron chi connectivity index (χ1n) is 9.71. The molecule has 4 aliphatic carbocycles. The van der Waals surface area contributed by atoms with Crippen LogP contribution in [0.1, 0.15) is 72.1 Å². The van der Waals surface area contributed by atoms with Crippen molar-refractivity contribution in [1.82, 2.24) is 0 Å². The van der Waals surface area contributed by atoms with E-state index >= 15 is 0 Å². The van der Waals surface area contributed by atoms with Gasteiger partial charge in [-0.2, -0.15) is 0 Å². The molecule has 3 saturated carbocycles. The highest BCUT2D eigenvalue weighted by Crippen LogP contribution is 2.65. The van der Waals surface area contributed by atoms with Crippen LogP contribution in [0.25, 0.3) is 0 Å². The first-order valence-corrected chi connectivity index (χ1v) is 10.6. The van der Waals surface area contributed by atoms with Crippen LogP contribution in [0.5, 0.6) is 0 Å². The first kappa shape index (κ1) is 16.1. The number of fused-ring (bicyclic) bond motifs is 5. The molecule has 0 heterocycles. The van der Waals surface area contributed by atoms with Gasteiger partial charge in [-0.15, -0.1) is 0 Å². The van der Waals surface area contributed by atoms with E-state index in [9.17, 15) is 4.57 Å². The molecule has 6 atom stereocenters. The zero-order valence-corrected chi connectivity index (χ0v) is 15.9. The molecule has 0 aromatic carbocycles. The Morgan fingerprint density at radius 1 is 1.17 bits per heavy atom. The largest absolute Gasteiger partial charge is 0.275 e. The van der Waals surface area contributed by atoms with Crippen LogP contribution in [0.2, 0.25) is 0 Å². The maximum absolute atomic E-state index is 11.4. The van der Waals surface area contributed by atoms with Crippen LogP contribution in [0, 0.1) is 28.6 Å². The number of hydrogen-bond acceptors (Lipinski definition) is 1. The molecule has 126 valence electrons. The summed E-state index contributed by atoms with van der Waals surface area (Å²) in [4.78, 5) is 0. The SMILES string of the molecule is C/C=C1/CC[C@H]2[C@@H]3CC[C@@H]4C[C@H](P=O)CC[C@]4(C)C3=CC[C@]12C. The molecular weight excluding hydrogens is 299 g/mol. The summed E-state index contributed by atoms with van der Waals surface area (Å²) < 4.78 is 11.4. The third-order valence-electron chi connectivity index (χ3n) is 8.35. The molecule has 1 nitrogen and oxygen atoms in total. The third-order valence-corrected chi connectivity index (χ3v) is 9.11. The molecule has 0 aliphatic heterocycles. The molecule has 0 aromatic rings. The third kappa shape index (κ3) is 2.18. The highest BCUT2D eigenvalue weighted by Gasteiger charge is 2.55. The molecule has 4 aliphatic rings. The Hall–Kier alpha value is -0.420. The molecule has 3 fully saturated rings. The molecule has 0 amide bonds. The molecule has 0 spiro atoms. The van der Waals surface area contributed by atoms with Gasteiger partial charge in [0.15, 0.2) is 8.46 Å². The lowest BCUT2D eigenvalue weighted by Gasteiger charge is -2.56. The Kier molecular flexibility index (Phi) is 3.88. The molecule has 0 bridgehead atoms. The molecule has 4 rings (SSSR count). The van der Waals surface area contributed by atoms with Crippen LogP contribution in [0.4, 0.5) is 0 Å². The van der Waals surface area contributed by atoms with E-state index in [4.69, 9.17) is 0 Å². The molecule has 0 saturated heterocycles. The Morgan fingerprint density at radius 2 is 2.00 bits per heavy atom. The van der Waals surface area contributed by atoms with E-state index in [1.807, 2.05) is 5.57 Å². The zero-order chi connectivity index (χ0) is 16.2. The van der Waals surface area contributed by atoms with Gasteiger partial charge in [0.05, 0.1) is 0 Å². The fraction of sp³-hybridized carbons (Fsp3) is 0.810. The summed E-state index contributed by atoms with van der Waals surface area (Å²) in [6.07, 6.45) is 15.4. The summed E-state index contributed by atoms with van der Waals surface area (Å²) in [5.41, 5.74) is 4.81. The second-order valence-corrected chi connectivity index (χ2v) is 10.0. The maximum atomic E-state index is 11.4. The van der Waals surface area contributed by atoms with Crippen molar-refractivity contribution in [3.63, 3.8) is 0 Å². The van der Waals surface area contributed by atoms with Crippen LogP contribution in [0.15, 0.2) is 23.3 Å². The summed E-state index contributed by atoms with van der Waals surface area (Å²) in [6.45, 7) is 7.32. The summed E-state index contributed by atoms with van der Waals surface area (Å²) in [5.74, 6) is 2.48. The van der Waals surface area contributed by atoms with E-state index < -0.39 is 0 Å². The van der Waals surface area contributed by atoms with Crippen molar-refractivity contribution in [3.8, 4) is 0 Å². The van der Waals surface area contributed by atoms with E-state index in [-0.39, 0.29) is 0 Å². The van der Waals surface area contributed by atoms with Crippen LogP contribution >= 0.6 is 8.46 Å². The van der Waals surface area contributed by atoms with Crippen LogP contribution < -0.4 is 0 Å². The minimum Gasteiger partial charge on any atom is -0.275 e. The summed E-state index contributed by atoms with van der Waals surface area (Å²) >= 11 is 0. The van der Waals surface area contributed by atoms with E-state index in [0.717, 1.165) is 24.2 Å². The van der Waals surface area contributed by atoms with E-state index in [1.165, 1.54) is 44.9 Å². The van der Waals surface area contributed by atoms with Crippen LogP contribution in [-0.2, 0) is 4.57 Å². The highest BCUT2D eigenvalue weighted by atomic mass is 31.1. The summed E-state index contributed by atoms with van der Waals surface area (Å²) in [5, 5.41) is 0. The lowest BCUT2D eigenvalue weighted by atomic mass is 9.49. The van der Waals surface area contributed by atoms with Crippen molar-refractivity contribution >= 4 is 8.46 Å². The normalized spacial score (nSPS) is 51.1. The van der Waals surface area contributed by atoms with Gasteiger partial charge < -0.3 is 0 Å². The summed E-state index contributed by atoms with van der Waals surface area (Å²) in [7, 11) is 0.392. The Bertz CT molecular complexity index is 576. The number of rotatable bonds is 1. The second kappa shape index (κ2) is 5.55. The quantitative estimate of drug-likeness (QED) is 0.393. The average Bonchev–Trinajstić information content (AvgIpc) is 2.90. The molecule has 0 radical (unpaired) electrons. The molecule has 0 unspecified atom stereocenters. The van der Waals surface area contributed by atoms with Gasteiger partial charge in [-0.05, 0) is 86.9 Å². The zero-order valence-electron chi connectivity index (χ0n) is 15.0. The number of allylic oxidation sites excluding steroid dienone is 4. The minimum atomic E-state index is 0.392. The summed E-state index contributed by atoms with van der Waals surface area (Å²) in [6, 6.07) is 0. The topological polar surface area (TPSA) is 17.1 Å². The maximum Gasteiger partial charge on any atom is 0.158 e. The molecule has 0 aromatic heterocycles. The van der Waals surface area contributed by atoms with Gasteiger partial charge in [0, 0.05) is 5.66 Å². The van der Waals surface area contributed by atoms with Gasteiger partial charge in [0.25, 0.3) is 0 Å². The Balaban J connectivity index is 1.68. The van der Waals surface area contributed by atoms with Gasteiger partial charge in [-0.1, -0.05) is 37.1 Å². The smallest absolute Gasteiger partial charge is 0.158 e. The van der Waals surface area contributed by atoms with E-state index in [0.29, 0.717) is 24.9 Å². The Morgan fingerprint density at radius 3 is 2.74 bits per heavy atom. The monoisotopic (exact) mass is 330 g/mol. The lowest BCUT2D eigenvalue weighted by Crippen LogP contribution is -2.47. The lowest BCUT2D eigenvalue weighted by molar-refractivity contribution is 0.0526. The van der Waals surface area contributed by atoms with Crippen LogP contribution in [0.3, 0.4) is 0 Å². The average molecular weight is 330 g/mol. The van der Waals surface area contributed by atoms with Crippen molar-refractivity contribution in [2.75, 3.05) is 0 Å². The van der Waals surface area contributed by atoms with Crippen molar-refractivity contribution in [2.24, 2.45) is 28.6 Å². The molecular formula is C21H31OP. The van der Waals surface area contributed by atoms with Crippen molar-refractivity contribution in [1.29, 1.82) is 0 Å². The highest BCUT2D eigenvalue weighted by molar-refractivity contribution is 7.24. The first-order chi connectivity index (χ1) is 11.0. The molecule has 23 heavy (non-hydrogen) atoms. The fourth-order valence-electron chi connectivity index (χ4n) is 6.93. The predicted molar refractivity (Wildman–Crippen MR) is 96.9 cm³/mol. The van der Waals surface area contributed by atoms with Crippen LogP contribution in [-0.4, -0.2) is 5.66 Å². The van der Waals surface area contributed by atoms with Crippen molar-refractivity contribution in [3.05, 3.63) is 23.3 Å². The fourth-order valence-corrected chi connectivity index (χ4v) is 7.50. The van der Waals surface area contributed by atoms with Gasteiger partial charge in [0.2, 0.25) is 0 Å². The minimum absolute atomic E-state index is 0.392.